The molecule has 0 spiro atoms. The summed E-state index contributed by atoms with van der Waals surface area (Å²) in [6, 6.07) is 0.584. The zero-order chi connectivity index (χ0) is 12.4. The number of rotatable bonds is 5. The summed E-state index contributed by atoms with van der Waals surface area (Å²) in [7, 11) is 1.75. The van der Waals surface area contributed by atoms with Crippen LogP contribution in [-0.2, 0) is 4.74 Å². The third kappa shape index (κ3) is 3.19. The van der Waals surface area contributed by atoms with Gasteiger partial charge in [-0.25, -0.2) is 0 Å². The molecule has 16 heavy (non-hydrogen) atoms. The van der Waals surface area contributed by atoms with Crippen LogP contribution in [0, 0.1) is 5.41 Å². The molecule has 3 heteroatoms. The highest BCUT2D eigenvalue weighted by atomic mass is 16.5. The van der Waals surface area contributed by atoms with Crippen molar-refractivity contribution >= 4 is 0 Å². The highest BCUT2D eigenvalue weighted by Gasteiger charge is 2.37. The summed E-state index contributed by atoms with van der Waals surface area (Å²) in [6.45, 7) is 9.54. The van der Waals surface area contributed by atoms with Gasteiger partial charge in [-0.3, -0.25) is 0 Å². The van der Waals surface area contributed by atoms with Gasteiger partial charge in [0.05, 0.1) is 11.6 Å². The van der Waals surface area contributed by atoms with Crippen molar-refractivity contribution in [2.75, 3.05) is 13.7 Å². The van der Waals surface area contributed by atoms with Crippen LogP contribution >= 0.6 is 0 Å². The zero-order valence-corrected chi connectivity index (χ0v) is 11.5. The van der Waals surface area contributed by atoms with Gasteiger partial charge in [-0.1, -0.05) is 13.8 Å². The minimum Gasteiger partial charge on any atom is -0.380 e. The van der Waals surface area contributed by atoms with Crippen molar-refractivity contribution in [3.05, 3.63) is 0 Å². The lowest BCUT2D eigenvalue weighted by Gasteiger charge is -2.37. The second-order valence-corrected chi connectivity index (χ2v) is 6.25. The fourth-order valence-electron chi connectivity index (χ4n) is 2.63. The van der Waals surface area contributed by atoms with Gasteiger partial charge in [0.1, 0.15) is 0 Å². The van der Waals surface area contributed by atoms with Crippen LogP contribution in [0.1, 0.15) is 47.0 Å². The maximum Gasteiger partial charge on any atom is 0.0734 e. The second kappa shape index (κ2) is 5.03. The third-order valence-electron chi connectivity index (χ3n) is 4.18. The highest BCUT2D eigenvalue weighted by Crippen LogP contribution is 2.37. The smallest absolute Gasteiger partial charge is 0.0734 e. The van der Waals surface area contributed by atoms with E-state index in [-0.39, 0.29) is 11.6 Å². The van der Waals surface area contributed by atoms with Gasteiger partial charge < -0.3 is 15.8 Å². The standard InChI is InChI=1S/C13H28N2O/c1-10(16-5)13(4,9-14)15-11-6-7-12(2,3)8-11/h10-11,15H,6-9,14H2,1-5H3. The van der Waals surface area contributed by atoms with Crippen molar-refractivity contribution in [2.45, 2.75) is 64.6 Å². The molecule has 0 radical (unpaired) electrons. The molecule has 0 bridgehead atoms. The summed E-state index contributed by atoms with van der Waals surface area (Å²) in [4.78, 5) is 0. The number of nitrogens with two attached hydrogens (primary N) is 1. The Morgan fingerprint density at radius 3 is 2.56 bits per heavy atom. The van der Waals surface area contributed by atoms with Crippen molar-refractivity contribution < 1.29 is 4.74 Å². The summed E-state index contributed by atoms with van der Waals surface area (Å²) in [5.74, 6) is 0. The molecule has 96 valence electrons. The Morgan fingerprint density at radius 1 is 1.56 bits per heavy atom. The molecule has 0 aromatic rings. The van der Waals surface area contributed by atoms with Crippen LogP contribution in [0.15, 0.2) is 0 Å². The van der Waals surface area contributed by atoms with E-state index in [1.54, 1.807) is 7.11 Å². The van der Waals surface area contributed by atoms with Gasteiger partial charge >= 0.3 is 0 Å². The summed E-state index contributed by atoms with van der Waals surface area (Å²) in [5.41, 5.74) is 6.25. The molecule has 1 aliphatic carbocycles. The summed E-state index contributed by atoms with van der Waals surface area (Å²) in [5, 5.41) is 3.70. The first-order valence-electron chi connectivity index (χ1n) is 6.33. The van der Waals surface area contributed by atoms with Crippen molar-refractivity contribution in [1.29, 1.82) is 0 Å². The van der Waals surface area contributed by atoms with E-state index in [2.05, 4.69) is 33.0 Å². The number of hydrogen-bond acceptors (Lipinski definition) is 3. The average molecular weight is 228 g/mol. The van der Waals surface area contributed by atoms with E-state index in [1.165, 1.54) is 19.3 Å². The molecule has 1 aliphatic rings. The van der Waals surface area contributed by atoms with Gasteiger partial charge in [0, 0.05) is 19.7 Å². The average Bonchev–Trinajstić information content (AvgIpc) is 2.56. The van der Waals surface area contributed by atoms with Crippen LogP contribution in [0.3, 0.4) is 0 Å². The Bertz CT molecular complexity index is 230. The monoisotopic (exact) mass is 228 g/mol. The molecule has 0 aliphatic heterocycles. The maximum absolute atomic E-state index is 5.89. The fraction of sp³-hybridized carbons (Fsp3) is 1.00. The molecule has 0 heterocycles. The first-order chi connectivity index (χ1) is 7.33. The Hall–Kier alpha value is -0.120. The van der Waals surface area contributed by atoms with Crippen molar-refractivity contribution in [1.82, 2.24) is 5.32 Å². The Labute approximate surface area is 100 Å². The van der Waals surface area contributed by atoms with E-state index >= 15 is 0 Å². The lowest BCUT2D eigenvalue weighted by atomic mass is 9.90. The number of methoxy groups -OCH3 is 1. The van der Waals surface area contributed by atoms with E-state index in [1.807, 2.05) is 0 Å². The predicted molar refractivity (Wildman–Crippen MR) is 68.5 cm³/mol. The molecule has 1 rings (SSSR count). The van der Waals surface area contributed by atoms with Gasteiger partial charge in [0.2, 0.25) is 0 Å². The summed E-state index contributed by atoms with van der Waals surface area (Å²) >= 11 is 0. The number of ether oxygens (including phenoxy) is 1. The Kier molecular flexibility index (Phi) is 4.38. The van der Waals surface area contributed by atoms with Gasteiger partial charge in [-0.2, -0.15) is 0 Å². The fourth-order valence-corrected chi connectivity index (χ4v) is 2.63. The van der Waals surface area contributed by atoms with Crippen molar-refractivity contribution in [2.24, 2.45) is 11.1 Å². The van der Waals surface area contributed by atoms with Gasteiger partial charge in [0.15, 0.2) is 0 Å². The Morgan fingerprint density at radius 2 is 2.19 bits per heavy atom. The molecular weight excluding hydrogens is 200 g/mol. The molecule has 0 aromatic carbocycles. The lowest BCUT2D eigenvalue weighted by molar-refractivity contribution is 0.0357. The summed E-state index contributed by atoms with van der Waals surface area (Å²) in [6.07, 6.45) is 3.92. The molecule has 0 saturated heterocycles. The van der Waals surface area contributed by atoms with Gasteiger partial charge in [-0.05, 0) is 38.5 Å². The Balaban J connectivity index is 2.57. The molecule has 3 unspecified atom stereocenters. The van der Waals surface area contributed by atoms with E-state index in [4.69, 9.17) is 10.5 Å². The molecule has 1 saturated carbocycles. The number of hydrogen-bond donors (Lipinski definition) is 2. The van der Waals surface area contributed by atoms with Crippen LogP contribution in [0.25, 0.3) is 0 Å². The molecule has 3 atom stereocenters. The topological polar surface area (TPSA) is 47.3 Å². The third-order valence-corrected chi connectivity index (χ3v) is 4.18. The second-order valence-electron chi connectivity index (χ2n) is 6.25. The molecule has 3 N–H and O–H groups in total. The molecule has 0 aromatic heterocycles. The van der Waals surface area contributed by atoms with Gasteiger partial charge in [0.25, 0.3) is 0 Å². The minimum atomic E-state index is -0.111. The quantitative estimate of drug-likeness (QED) is 0.755. The predicted octanol–water partition coefficient (Wildman–Crippen LogP) is 1.91. The largest absolute Gasteiger partial charge is 0.380 e. The highest BCUT2D eigenvalue weighted by molar-refractivity contribution is 4.96. The molecular formula is C13H28N2O. The zero-order valence-electron chi connectivity index (χ0n) is 11.5. The first kappa shape index (κ1) is 13.9. The van der Waals surface area contributed by atoms with Crippen LogP contribution in [0.4, 0.5) is 0 Å². The normalized spacial score (nSPS) is 30.0. The molecule has 0 amide bonds. The van der Waals surface area contributed by atoms with Crippen molar-refractivity contribution in [3.8, 4) is 0 Å². The van der Waals surface area contributed by atoms with Crippen molar-refractivity contribution in [3.63, 3.8) is 0 Å². The maximum atomic E-state index is 5.89. The first-order valence-corrected chi connectivity index (χ1v) is 6.33. The minimum absolute atomic E-state index is 0.111. The van der Waals surface area contributed by atoms with E-state index in [0.717, 1.165) is 0 Å². The van der Waals surface area contributed by atoms with Crippen LogP contribution in [0.2, 0.25) is 0 Å². The van der Waals surface area contributed by atoms with E-state index in [0.29, 0.717) is 18.0 Å². The van der Waals surface area contributed by atoms with Crippen LogP contribution in [-0.4, -0.2) is 31.3 Å². The van der Waals surface area contributed by atoms with E-state index in [9.17, 15) is 0 Å². The van der Waals surface area contributed by atoms with Gasteiger partial charge in [-0.15, -0.1) is 0 Å². The summed E-state index contributed by atoms with van der Waals surface area (Å²) < 4.78 is 5.43. The van der Waals surface area contributed by atoms with E-state index < -0.39 is 0 Å². The SMILES string of the molecule is COC(C)C(C)(CN)NC1CCC(C)(C)C1. The molecule has 1 fully saturated rings. The van der Waals surface area contributed by atoms with Crippen LogP contribution in [0.5, 0.6) is 0 Å². The molecule has 3 nitrogen and oxygen atoms in total. The number of nitrogens with one attached hydrogen (secondary N) is 1. The van der Waals surface area contributed by atoms with Crippen LogP contribution < -0.4 is 11.1 Å². The lowest BCUT2D eigenvalue weighted by Crippen LogP contribution is -2.59.